The molecule has 0 aliphatic rings. The van der Waals surface area contributed by atoms with Crippen LogP contribution in [0, 0.1) is 0 Å². The van der Waals surface area contributed by atoms with Gasteiger partial charge in [-0.3, -0.25) is 9.48 Å². The summed E-state index contributed by atoms with van der Waals surface area (Å²) in [6.45, 7) is 7.85. The first-order valence-electron chi connectivity index (χ1n) is 9.50. The molecule has 2 aromatic heterocycles. The van der Waals surface area contributed by atoms with Gasteiger partial charge in [0.15, 0.2) is 12.4 Å². The van der Waals surface area contributed by atoms with Gasteiger partial charge in [0.25, 0.3) is 5.91 Å². The first kappa shape index (κ1) is 19.7. The largest absolute Gasteiger partial charge is 0.471 e. The molecule has 3 aromatic rings. The Labute approximate surface area is 165 Å². The molecule has 0 aliphatic carbocycles. The zero-order valence-corrected chi connectivity index (χ0v) is 16.9. The predicted molar refractivity (Wildman–Crippen MR) is 107 cm³/mol. The Kier molecular flexibility index (Phi) is 6.13. The first-order chi connectivity index (χ1) is 13.5. The Morgan fingerprint density at radius 2 is 1.93 bits per heavy atom. The minimum atomic E-state index is -0.135. The van der Waals surface area contributed by atoms with Crippen molar-refractivity contribution in [1.29, 1.82) is 0 Å². The van der Waals surface area contributed by atoms with E-state index in [1.807, 2.05) is 29.8 Å². The molecule has 3 rings (SSSR count). The molecular weight excluding hydrogens is 354 g/mol. The number of ether oxygens (including phenoxy) is 1. The van der Waals surface area contributed by atoms with Crippen LogP contribution in [0.5, 0.6) is 5.75 Å². The zero-order chi connectivity index (χ0) is 20.1. The summed E-state index contributed by atoms with van der Waals surface area (Å²) in [6, 6.07) is 11.7. The topological polar surface area (TPSA) is 65.2 Å². The van der Waals surface area contributed by atoms with E-state index < -0.39 is 0 Å². The third kappa shape index (κ3) is 4.60. The van der Waals surface area contributed by atoms with Crippen LogP contribution >= 0.6 is 0 Å². The van der Waals surface area contributed by atoms with Gasteiger partial charge in [-0.15, -0.1) is 0 Å². The highest BCUT2D eigenvalue weighted by Crippen LogP contribution is 2.18. The fourth-order valence-electron chi connectivity index (χ4n) is 2.93. The second-order valence-corrected chi connectivity index (χ2v) is 7.04. The van der Waals surface area contributed by atoms with Crippen molar-refractivity contribution in [3.63, 3.8) is 0 Å². The third-order valence-corrected chi connectivity index (χ3v) is 4.62. The SMILES string of the molecule is CCn1nccc1CN(C)C(=O)c1ccn(COc2ccc(C(C)C)cc2)n1. The quantitative estimate of drug-likeness (QED) is 0.599. The van der Waals surface area contributed by atoms with Crippen molar-refractivity contribution in [3.05, 3.63) is 65.7 Å². The van der Waals surface area contributed by atoms with Gasteiger partial charge in [0.1, 0.15) is 5.75 Å². The number of rotatable bonds is 8. The van der Waals surface area contributed by atoms with Crippen LogP contribution in [0.15, 0.2) is 48.8 Å². The van der Waals surface area contributed by atoms with Crippen LogP contribution < -0.4 is 4.74 Å². The smallest absolute Gasteiger partial charge is 0.274 e. The molecule has 1 aromatic carbocycles. The molecule has 0 saturated carbocycles. The molecule has 1 amide bonds. The zero-order valence-electron chi connectivity index (χ0n) is 16.9. The summed E-state index contributed by atoms with van der Waals surface area (Å²) in [7, 11) is 1.77. The van der Waals surface area contributed by atoms with E-state index >= 15 is 0 Å². The number of aromatic nitrogens is 4. The number of hydrogen-bond acceptors (Lipinski definition) is 4. The molecule has 0 spiro atoms. The summed E-state index contributed by atoms with van der Waals surface area (Å²) in [5.41, 5.74) is 2.65. The number of carbonyl (C=O) groups is 1. The van der Waals surface area contributed by atoms with Crippen LogP contribution in [0.3, 0.4) is 0 Å². The van der Waals surface area contributed by atoms with Gasteiger partial charge >= 0.3 is 0 Å². The highest BCUT2D eigenvalue weighted by molar-refractivity contribution is 5.91. The average Bonchev–Trinajstić information content (AvgIpc) is 3.35. The highest BCUT2D eigenvalue weighted by Gasteiger charge is 2.16. The summed E-state index contributed by atoms with van der Waals surface area (Å²) >= 11 is 0. The maximum Gasteiger partial charge on any atom is 0.274 e. The molecular formula is C21H27N5O2. The van der Waals surface area contributed by atoms with E-state index in [1.165, 1.54) is 5.56 Å². The standard InChI is InChI=1S/C21H27N5O2/c1-5-26-18(10-12-22-26)14-24(4)21(27)20-11-13-25(23-20)15-28-19-8-6-17(7-9-19)16(2)3/h6-13,16H,5,14-15H2,1-4H3. The van der Waals surface area contributed by atoms with E-state index in [1.54, 1.807) is 35.1 Å². The molecule has 148 valence electrons. The van der Waals surface area contributed by atoms with E-state index in [4.69, 9.17) is 4.74 Å². The molecule has 0 atom stereocenters. The predicted octanol–water partition coefficient (Wildman–Crippen LogP) is 3.53. The molecule has 0 aliphatic heterocycles. The third-order valence-electron chi connectivity index (χ3n) is 4.62. The lowest BCUT2D eigenvalue weighted by atomic mass is 10.0. The molecule has 0 N–H and O–H groups in total. The van der Waals surface area contributed by atoms with Gasteiger partial charge in [-0.25, -0.2) is 4.68 Å². The normalized spacial score (nSPS) is 11.0. The monoisotopic (exact) mass is 381 g/mol. The number of benzene rings is 1. The fraction of sp³-hybridized carbons (Fsp3) is 0.381. The molecule has 0 bridgehead atoms. The van der Waals surface area contributed by atoms with Gasteiger partial charge < -0.3 is 9.64 Å². The molecule has 0 fully saturated rings. The van der Waals surface area contributed by atoms with Crippen molar-refractivity contribution < 1.29 is 9.53 Å². The molecule has 7 heteroatoms. The van der Waals surface area contributed by atoms with Gasteiger partial charge in [-0.2, -0.15) is 10.2 Å². The fourth-order valence-corrected chi connectivity index (χ4v) is 2.93. The van der Waals surface area contributed by atoms with Crippen molar-refractivity contribution in [2.75, 3.05) is 7.05 Å². The van der Waals surface area contributed by atoms with E-state index in [0.717, 1.165) is 18.0 Å². The molecule has 0 unspecified atom stereocenters. The minimum absolute atomic E-state index is 0.135. The lowest BCUT2D eigenvalue weighted by molar-refractivity contribution is 0.0773. The highest BCUT2D eigenvalue weighted by atomic mass is 16.5. The lowest BCUT2D eigenvalue weighted by Crippen LogP contribution is -2.28. The summed E-state index contributed by atoms with van der Waals surface area (Å²) in [5.74, 6) is 1.13. The van der Waals surface area contributed by atoms with Crippen molar-refractivity contribution in [3.8, 4) is 5.75 Å². The minimum Gasteiger partial charge on any atom is -0.471 e. The molecule has 28 heavy (non-hydrogen) atoms. The van der Waals surface area contributed by atoms with Crippen LogP contribution in [-0.4, -0.2) is 37.4 Å². The Morgan fingerprint density at radius 3 is 2.61 bits per heavy atom. The Balaban J connectivity index is 1.57. The summed E-state index contributed by atoms with van der Waals surface area (Å²) in [6.07, 6.45) is 3.50. The summed E-state index contributed by atoms with van der Waals surface area (Å²) < 4.78 is 9.25. The first-order valence-corrected chi connectivity index (χ1v) is 9.50. The number of carbonyl (C=O) groups excluding carboxylic acids is 1. The Morgan fingerprint density at radius 1 is 1.18 bits per heavy atom. The van der Waals surface area contributed by atoms with Crippen molar-refractivity contribution in [2.45, 2.75) is 46.5 Å². The van der Waals surface area contributed by atoms with Crippen LogP contribution in [0.2, 0.25) is 0 Å². The second-order valence-electron chi connectivity index (χ2n) is 7.04. The second kappa shape index (κ2) is 8.73. The maximum absolute atomic E-state index is 12.6. The molecule has 2 heterocycles. The van der Waals surface area contributed by atoms with E-state index in [9.17, 15) is 4.79 Å². The van der Waals surface area contributed by atoms with Crippen molar-refractivity contribution in [2.24, 2.45) is 0 Å². The van der Waals surface area contributed by atoms with Crippen LogP contribution in [0.4, 0.5) is 0 Å². The van der Waals surface area contributed by atoms with Gasteiger partial charge in [0.05, 0.1) is 12.2 Å². The number of amides is 1. The molecule has 0 saturated heterocycles. The Bertz CT molecular complexity index is 911. The lowest BCUT2D eigenvalue weighted by Gasteiger charge is -2.16. The average molecular weight is 381 g/mol. The van der Waals surface area contributed by atoms with Crippen LogP contribution in [0.25, 0.3) is 0 Å². The van der Waals surface area contributed by atoms with Gasteiger partial charge in [0.2, 0.25) is 0 Å². The van der Waals surface area contributed by atoms with E-state index in [-0.39, 0.29) is 12.6 Å². The molecule has 7 nitrogen and oxygen atoms in total. The number of hydrogen-bond donors (Lipinski definition) is 0. The van der Waals surface area contributed by atoms with Crippen molar-refractivity contribution >= 4 is 5.91 Å². The van der Waals surface area contributed by atoms with Crippen LogP contribution in [0.1, 0.15) is 48.4 Å². The summed E-state index contributed by atoms with van der Waals surface area (Å²) in [4.78, 5) is 14.3. The van der Waals surface area contributed by atoms with Crippen LogP contribution in [-0.2, 0) is 19.8 Å². The van der Waals surface area contributed by atoms with E-state index in [2.05, 4.69) is 36.2 Å². The van der Waals surface area contributed by atoms with Gasteiger partial charge in [0, 0.05) is 26.0 Å². The van der Waals surface area contributed by atoms with Crippen molar-refractivity contribution in [1.82, 2.24) is 24.5 Å². The van der Waals surface area contributed by atoms with Gasteiger partial charge in [-0.05, 0) is 42.7 Å². The molecule has 0 radical (unpaired) electrons. The number of nitrogens with zero attached hydrogens (tertiary/aromatic N) is 5. The maximum atomic E-state index is 12.6. The van der Waals surface area contributed by atoms with Gasteiger partial charge in [-0.1, -0.05) is 26.0 Å². The Hall–Kier alpha value is -3.09. The summed E-state index contributed by atoms with van der Waals surface area (Å²) in [5, 5.41) is 8.58. The van der Waals surface area contributed by atoms with E-state index in [0.29, 0.717) is 18.2 Å². The number of aryl methyl sites for hydroxylation is 1.